The highest BCUT2D eigenvalue weighted by molar-refractivity contribution is 7.84. The summed E-state index contributed by atoms with van der Waals surface area (Å²) in [7, 11) is -4.58. The first-order chi connectivity index (χ1) is 4.91. The Morgan fingerprint density at radius 2 is 2.00 bits per heavy atom. The van der Waals surface area contributed by atoms with Crippen molar-refractivity contribution >= 4 is 22.2 Å². The molecule has 8 heteroatoms. The van der Waals surface area contributed by atoms with E-state index in [-0.39, 0.29) is 4.31 Å². The van der Waals surface area contributed by atoms with Crippen LogP contribution in [0.3, 0.4) is 0 Å². The lowest BCUT2D eigenvalue weighted by Gasteiger charge is -2.05. The van der Waals surface area contributed by atoms with Crippen molar-refractivity contribution in [3.8, 4) is 0 Å². The third-order valence-electron chi connectivity index (χ3n) is 1.04. The topological polar surface area (TPSA) is 104 Å². The van der Waals surface area contributed by atoms with Crippen LogP contribution in [-0.4, -0.2) is 35.8 Å². The van der Waals surface area contributed by atoms with Crippen molar-refractivity contribution in [2.24, 2.45) is 0 Å². The van der Waals surface area contributed by atoms with Gasteiger partial charge in [-0.3, -0.25) is 14.7 Å². The molecule has 1 heterocycles. The number of hydrogen-bond donors (Lipinski definition) is 2. The van der Waals surface area contributed by atoms with Crippen molar-refractivity contribution in [2.75, 3.05) is 6.54 Å². The van der Waals surface area contributed by atoms with Gasteiger partial charge in [-0.05, 0) is 0 Å². The van der Waals surface area contributed by atoms with Crippen LogP contribution >= 0.6 is 0 Å². The van der Waals surface area contributed by atoms with Gasteiger partial charge in [-0.25, -0.2) is 4.79 Å². The number of nitrogens with zero attached hydrogens (tertiary/aromatic N) is 1. The van der Waals surface area contributed by atoms with Gasteiger partial charge in [0.2, 0.25) is 5.91 Å². The Labute approximate surface area is 61.9 Å². The average Bonchev–Trinajstić information content (AvgIpc) is 2.08. The highest BCUT2D eigenvalue weighted by Crippen LogP contribution is 2.02. The first kappa shape index (κ1) is 7.95. The fraction of sp³-hybridized carbons (Fsp3) is 0.333. The third kappa shape index (κ3) is 1.46. The summed E-state index contributed by atoms with van der Waals surface area (Å²) in [6, 6.07) is -1.13. The Bertz CT molecular complexity index is 306. The van der Waals surface area contributed by atoms with Crippen LogP contribution in [0.25, 0.3) is 0 Å². The Kier molecular flexibility index (Phi) is 1.57. The molecular formula is C3H4N2O5S. The molecule has 7 nitrogen and oxygen atoms in total. The second-order valence-electron chi connectivity index (χ2n) is 1.84. The van der Waals surface area contributed by atoms with E-state index in [2.05, 4.69) is 0 Å². The van der Waals surface area contributed by atoms with Crippen LogP contribution < -0.4 is 5.32 Å². The van der Waals surface area contributed by atoms with Gasteiger partial charge in [0.05, 0.1) is 0 Å². The SMILES string of the molecule is O=C1CN(S(=O)(=O)O)C(=O)N1. The fourth-order valence-electron chi connectivity index (χ4n) is 0.610. The summed E-state index contributed by atoms with van der Waals surface area (Å²) >= 11 is 0. The van der Waals surface area contributed by atoms with E-state index in [1.165, 1.54) is 0 Å². The summed E-state index contributed by atoms with van der Waals surface area (Å²) in [6.45, 7) is -0.655. The molecule has 1 aliphatic rings. The van der Waals surface area contributed by atoms with Crippen molar-refractivity contribution in [3.63, 3.8) is 0 Å². The first-order valence-electron chi connectivity index (χ1n) is 2.50. The molecule has 1 fully saturated rings. The van der Waals surface area contributed by atoms with E-state index in [4.69, 9.17) is 4.55 Å². The largest absolute Gasteiger partial charge is 0.364 e. The van der Waals surface area contributed by atoms with Gasteiger partial charge in [-0.1, -0.05) is 0 Å². The standard InChI is InChI=1S/C3H4N2O5S/c6-2-1-5(3(7)4-2)11(8,9)10/h1H2,(H,4,6,7)(H,8,9,10). The van der Waals surface area contributed by atoms with Crippen LogP contribution in [0.5, 0.6) is 0 Å². The summed E-state index contributed by atoms with van der Waals surface area (Å²) < 4.78 is 28.8. The number of rotatable bonds is 1. The molecule has 0 spiro atoms. The van der Waals surface area contributed by atoms with Crippen molar-refractivity contribution in [2.45, 2.75) is 0 Å². The zero-order valence-electron chi connectivity index (χ0n) is 5.14. The molecule has 3 amide bonds. The second kappa shape index (κ2) is 2.17. The molecule has 1 rings (SSSR count). The van der Waals surface area contributed by atoms with Gasteiger partial charge in [0.15, 0.2) is 0 Å². The molecule has 0 atom stereocenters. The van der Waals surface area contributed by atoms with Crippen LogP contribution in [0, 0.1) is 0 Å². The number of hydrogen-bond acceptors (Lipinski definition) is 4. The Balaban J connectivity index is 2.94. The van der Waals surface area contributed by atoms with E-state index >= 15 is 0 Å². The monoisotopic (exact) mass is 180 g/mol. The first-order valence-corrected chi connectivity index (χ1v) is 3.90. The highest BCUT2D eigenvalue weighted by Gasteiger charge is 2.34. The van der Waals surface area contributed by atoms with E-state index in [1.54, 1.807) is 5.32 Å². The van der Waals surface area contributed by atoms with Gasteiger partial charge in [0, 0.05) is 0 Å². The summed E-state index contributed by atoms with van der Waals surface area (Å²) in [6.07, 6.45) is 0. The predicted molar refractivity (Wildman–Crippen MR) is 31.8 cm³/mol. The molecule has 0 aromatic carbocycles. The molecule has 0 radical (unpaired) electrons. The molecule has 0 aliphatic carbocycles. The van der Waals surface area contributed by atoms with E-state index in [1.807, 2.05) is 0 Å². The van der Waals surface area contributed by atoms with E-state index < -0.39 is 28.8 Å². The number of imide groups is 1. The molecule has 62 valence electrons. The zero-order chi connectivity index (χ0) is 8.65. The zero-order valence-corrected chi connectivity index (χ0v) is 5.96. The van der Waals surface area contributed by atoms with Crippen molar-refractivity contribution in [3.05, 3.63) is 0 Å². The normalized spacial score (nSPS) is 18.8. The number of carbonyl (C=O) groups is 2. The molecule has 1 saturated heterocycles. The smallest absolute Gasteiger partial charge is 0.275 e. The maximum absolute atomic E-state index is 10.5. The van der Waals surface area contributed by atoms with Crippen LogP contribution in [0.1, 0.15) is 0 Å². The molecule has 1 aliphatic heterocycles. The maximum Gasteiger partial charge on any atom is 0.364 e. The van der Waals surface area contributed by atoms with Gasteiger partial charge in [0.25, 0.3) is 0 Å². The number of amides is 3. The summed E-state index contributed by atoms with van der Waals surface area (Å²) in [5, 5.41) is 1.68. The number of nitrogens with one attached hydrogen (secondary N) is 1. The summed E-state index contributed by atoms with van der Waals surface area (Å²) in [4.78, 5) is 20.8. The molecule has 2 N–H and O–H groups in total. The molecule has 0 aromatic rings. The van der Waals surface area contributed by atoms with Crippen molar-refractivity contribution in [1.82, 2.24) is 9.62 Å². The Morgan fingerprint density at radius 1 is 1.45 bits per heavy atom. The van der Waals surface area contributed by atoms with Gasteiger partial charge in [-0.2, -0.15) is 12.7 Å². The second-order valence-corrected chi connectivity index (χ2v) is 3.17. The molecule has 0 bridgehead atoms. The van der Waals surface area contributed by atoms with Crippen molar-refractivity contribution < 1.29 is 22.6 Å². The van der Waals surface area contributed by atoms with Gasteiger partial charge >= 0.3 is 16.3 Å². The lowest BCUT2D eigenvalue weighted by atomic mass is 10.7. The Hall–Kier alpha value is -1.15. The Morgan fingerprint density at radius 3 is 2.18 bits per heavy atom. The molecule has 0 aromatic heterocycles. The minimum Gasteiger partial charge on any atom is -0.275 e. The molecule has 0 saturated carbocycles. The van der Waals surface area contributed by atoms with Gasteiger partial charge in [0.1, 0.15) is 6.54 Å². The van der Waals surface area contributed by atoms with E-state index in [9.17, 15) is 18.0 Å². The minimum absolute atomic E-state index is 0.0370. The van der Waals surface area contributed by atoms with Crippen LogP contribution in [0.4, 0.5) is 4.79 Å². The molecule has 11 heavy (non-hydrogen) atoms. The van der Waals surface area contributed by atoms with Crippen LogP contribution in [0.15, 0.2) is 0 Å². The predicted octanol–water partition coefficient (Wildman–Crippen LogP) is -1.66. The highest BCUT2D eigenvalue weighted by atomic mass is 32.2. The third-order valence-corrected chi connectivity index (χ3v) is 1.89. The lowest BCUT2D eigenvalue weighted by molar-refractivity contribution is -0.118. The van der Waals surface area contributed by atoms with Crippen LogP contribution in [0.2, 0.25) is 0 Å². The van der Waals surface area contributed by atoms with Gasteiger partial charge in [-0.15, -0.1) is 0 Å². The van der Waals surface area contributed by atoms with E-state index in [0.29, 0.717) is 0 Å². The van der Waals surface area contributed by atoms with Crippen LogP contribution in [-0.2, 0) is 15.1 Å². The summed E-state index contributed by atoms with van der Waals surface area (Å²) in [5.74, 6) is -0.757. The maximum atomic E-state index is 10.5. The van der Waals surface area contributed by atoms with Gasteiger partial charge < -0.3 is 0 Å². The van der Waals surface area contributed by atoms with E-state index in [0.717, 1.165) is 0 Å². The fourth-order valence-corrected chi connectivity index (χ4v) is 1.15. The minimum atomic E-state index is -4.58. The number of carbonyl (C=O) groups excluding carboxylic acids is 2. The molecule has 0 unspecified atom stereocenters. The average molecular weight is 180 g/mol. The summed E-state index contributed by atoms with van der Waals surface area (Å²) in [5.41, 5.74) is 0. The quantitative estimate of drug-likeness (QED) is 0.371. The number of urea groups is 1. The lowest BCUT2D eigenvalue weighted by Crippen LogP contribution is -2.33. The molecular weight excluding hydrogens is 176 g/mol. The van der Waals surface area contributed by atoms with Crippen molar-refractivity contribution in [1.29, 1.82) is 0 Å².